The Morgan fingerprint density at radius 3 is 2.44 bits per heavy atom. The van der Waals surface area contributed by atoms with Crippen molar-refractivity contribution in [1.82, 2.24) is 0 Å². The summed E-state index contributed by atoms with van der Waals surface area (Å²) in [4.78, 5) is 0. The number of nitrogens with zero attached hydrogens (tertiary/aromatic N) is 1. The molecule has 0 aromatic carbocycles. The smallest absolute Gasteiger partial charge is 0.169 e. The van der Waals surface area contributed by atoms with Crippen LogP contribution in [0.15, 0.2) is 24.5 Å². The van der Waals surface area contributed by atoms with Crippen molar-refractivity contribution in [2.24, 2.45) is 5.92 Å². The van der Waals surface area contributed by atoms with E-state index < -0.39 is 0 Å². The lowest BCUT2D eigenvalue weighted by atomic mass is 9.85. The van der Waals surface area contributed by atoms with Crippen molar-refractivity contribution in [2.75, 3.05) is 5.75 Å². The minimum absolute atomic E-state index is 0.909. The van der Waals surface area contributed by atoms with Crippen LogP contribution < -0.4 is 4.57 Å². The quantitative estimate of drug-likeness (QED) is 0.605. The molecule has 2 rings (SSSR count). The van der Waals surface area contributed by atoms with Gasteiger partial charge in [-0.05, 0) is 17.9 Å². The maximum Gasteiger partial charge on any atom is 0.169 e. The van der Waals surface area contributed by atoms with Crippen LogP contribution in [0, 0.1) is 5.92 Å². The molecule has 2 heteroatoms. The number of pyridine rings is 1. The third kappa shape index (κ3) is 3.51. The van der Waals surface area contributed by atoms with Crippen molar-refractivity contribution >= 4 is 12.6 Å². The topological polar surface area (TPSA) is 3.88 Å². The summed E-state index contributed by atoms with van der Waals surface area (Å²) in [5.74, 6) is 1.85. The highest BCUT2D eigenvalue weighted by Crippen LogP contribution is 2.26. The lowest BCUT2D eigenvalue weighted by Gasteiger charge is -2.21. The predicted molar refractivity (Wildman–Crippen MR) is 70.8 cm³/mol. The van der Waals surface area contributed by atoms with Gasteiger partial charge in [-0.3, -0.25) is 0 Å². The van der Waals surface area contributed by atoms with Crippen molar-refractivity contribution in [3.63, 3.8) is 0 Å². The number of hydrogen-bond donors (Lipinski definition) is 1. The minimum Gasteiger partial charge on any atom is -0.204 e. The first-order chi connectivity index (χ1) is 7.88. The van der Waals surface area contributed by atoms with Crippen LogP contribution in [0.2, 0.25) is 0 Å². The van der Waals surface area contributed by atoms with Gasteiger partial charge in [0.05, 0.1) is 0 Å². The second kappa shape index (κ2) is 6.29. The molecular formula is C14H22NS+. The predicted octanol–water partition coefficient (Wildman–Crippen LogP) is 3.03. The van der Waals surface area contributed by atoms with Gasteiger partial charge >= 0.3 is 0 Å². The van der Waals surface area contributed by atoms with Gasteiger partial charge in [-0.2, -0.15) is 12.6 Å². The number of thiol groups is 1. The molecule has 0 N–H and O–H groups in total. The molecule has 1 aliphatic rings. The number of aromatic nitrogens is 1. The number of hydrogen-bond acceptors (Lipinski definition) is 1. The third-order valence-electron chi connectivity index (χ3n) is 3.57. The van der Waals surface area contributed by atoms with E-state index in [0.29, 0.717) is 0 Å². The highest BCUT2D eigenvalue weighted by molar-refractivity contribution is 7.80. The van der Waals surface area contributed by atoms with Crippen molar-refractivity contribution in [3.05, 3.63) is 30.1 Å². The molecule has 0 amide bonds. The Kier molecular flexibility index (Phi) is 4.70. The largest absolute Gasteiger partial charge is 0.204 e. The Morgan fingerprint density at radius 2 is 1.81 bits per heavy atom. The van der Waals surface area contributed by atoms with Gasteiger partial charge in [0.15, 0.2) is 18.9 Å². The summed E-state index contributed by atoms with van der Waals surface area (Å²) in [6.07, 6.45) is 12.9. The molecule has 88 valence electrons. The van der Waals surface area contributed by atoms with Crippen LogP contribution >= 0.6 is 12.6 Å². The summed E-state index contributed by atoms with van der Waals surface area (Å²) >= 11 is 4.24. The molecule has 0 saturated heterocycles. The van der Waals surface area contributed by atoms with Crippen LogP contribution in [-0.4, -0.2) is 5.75 Å². The second-order valence-corrected chi connectivity index (χ2v) is 5.32. The Hall–Kier alpha value is -0.500. The fourth-order valence-corrected chi connectivity index (χ4v) is 2.84. The van der Waals surface area contributed by atoms with E-state index in [1.54, 1.807) is 0 Å². The maximum atomic E-state index is 4.24. The van der Waals surface area contributed by atoms with E-state index >= 15 is 0 Å². The highest BCUT2D eigenvalue weighted by Gasteiger charge is 2.14. The standard InChI is InChI=1S/C14H21NS/c16-11-10-15-8-6-14(7-9-15)12-13-4-2-1-3-5-13/h6-9,13H,1-5,10-12H2/p+1. The molecule has 0 unspecified atom stereocenters. The zero-order valence-electron chi connectivity index (χ0n) is 9.94. The van der Waals surface area contributed by atoms with Crippen LogP contribution in [0.25, 0.3) is 0 Å². The van der Waals surface area contributed by atoms with E-state index in [0.717, 1.165) is 18.2 Å². The molecule has 1 nitrogen and oxygen atoms in total. The molecule has 0 spiro atoms. The van der Waals surface area contributed by atoms with Crippen molar-refractivity contribution in [1.29, 1.82) is 0 Å². The fraction of sp³-hybridized carbons (Fsp3) is 0.643. The molecule has 16 heavy (non-hydrogen) atoms. The van der Waals surface area contributed by atoms with Crippen molar-refractivity contribution in [2.45, 2.75) is 45.1 Å². The summed E-state index contributed by atoms with van der Waals surface area (Å²) in [7, 11) is 0. The van der Waals surface area contributed by atoms with Crippen LogP contribution in [-0.2, 0) is 13.0 Å². The molecule has 0 radical (unpaired) electrons. The van der Waals surface area contributed by atoms with Gasteiger partial charge in [0, 0.05) is 17.9 Å². The molecule has 1 heterocycles. The van der Waals surface area contributed by atoms with E-state index in [1.807, 2.05) is 0 Å². The Labute approximate surface area is 104 Å². The van der Waals surface area contributed by atoms with Crippen LogP contribution in [0.4, 0.5) is 0 Å². The van der Waals surface area contributed by atoms with Crippen molar-refractivity contribution < 1.29 is 4.57 Å². The van der Waals surface area contributed by atoms with Crippen LogP contribution in [0.1, 0.15) is 37.7 Å². The first-order valence-electron chi connectivity index (χ1n) is 6.47. The van der Waals surface area contributed by atoms with E-state index in [4.69, 9.17) is 0 Å². The number of rotatable bonds is 4. The van der Waals surface area contributed by atoms with Gasteiger partial charge in [-0.15, -0.1) is 0 Å². The van der Waals surface area contributed by atoms with E-state index in [-0.39, 0.29) is 0 Å². The molecule has 1 aliphatic carbocycles. The third-order valence-corrected chi connectivity index (χ3v) is 3.77. The fourth-order valence-electron chi connectivity index (χ4n) is 2.61. The molecule has 0 atom stereocenters. The van der Waals surface area contributed by atoms with Gasteiger partial charge < -0.3 is 0 Å². The monoisotopic (exact) mass is 236 g/mol. The molecule has 0 bridgehead atoms. The summed E-state index contributed by atoms with van der Waals surface area (Å²) in [6.45, 7) is 1.01. The zero-order chi connectivity index (χ0) is 11.2. The molecule has 0 aliphatic heterocycles. The van der Waals surface area contributed by atoms with Gasteiger partial charge in [-0.1, -0.05) is 32.1 Å². The zero-order valence-corrected chi connectivity index (χ0v) is 10.8. The van der Waals surface area contributed by atoms with Gasteiger partial charge in [0.25, 0.3) is 0 Å². The summed E-state index contributed by atoms with van der Waals surface area (Å²) in [6, 6.07) is 4.55. The van der Waals surface area contributed by atoms with Crippen molar-refractivity contribution in [3.8, 4) is 0 Å². The molecule has 1 fully saturated rings. The molecule has 1 aromatic rings. The van der Waals surface area contributed by atoms with E-state index in [1.165, 1.54) is 44.1 Å². The lowest BCUT2D eigenvalue weighted by Crippen LogP contribution is -2.33. The Bertz CT molecular complexity index is 301. The molecular weight excluding hydrogens is 214 g/mol. The summed E-state index contributed by atoms with van der Waals surface area (Å²) < 4.78 is 2.21. The van der Waals surface area contributed by atoms with Crippen LogP contribution in [0.5, 0.6) is 0 Å². The Morgan fingerprint density at radius 1 is 1.12 bits per heavy atom. The highest BCUT2D eigenvalue weighted by atomic mass is 32.1. The van der Waals surface area contributed by atoms with E-state index in [2.05, 4.69) is 41.7 Å². The average Bonchev–Trinajstić information content (AvgIpc) is 2.33. The maximum absolute atomic E-state index is 4.24. The first kappa shape index (κ1) is 12.0. The summed E-state index contributed by atoms with van der Waals surface area (Å²) in [5, 5.41) is 0. The normalized spacial score (nSPS) is 17.6. The SMILES string of the molecule is SCC[n+]1ccc(CC2CCCCC2)cc1. The number of aryl methyl sites for hydroxylation is 1. The molecule has 1 saturated carbocycles. The summed E-state index contributed by atoms with van der Waals surface area (Å²) in [5.41, 5.74) is 1.50. The van der Waals surface area contributed by atoms with Crippen LogP contribution in [0.3, 0.4) is 0 Å². The average molecular weight is 236 g/mol. The Balaban J connectivity index is 1.88. The second-order valence-electron chi connectivity index (χ2n) is 4.88. The minimum atomic E-state index is 0.909. The van der Waals surface area contributed by atoms with Gasteiger partial charge in [0.1, 0.15) is 0 Å². The lowest BCUT2D eigenvalue weighted by molar-refractivity contribution is -0.692. The van der Waals surface area contributed by atoms with Gasteiger partial charge in [0.2, 0.25) is 0 Å². The first-order valence-corrected chi connectivity index (χ1v) is 7.10. The van der Waals surface area contributed by atoms with Gasteiger partial charge in [-0.25, -0.2) is 4.57 Å². The molecule has 1 aromatic heterocycles. The van der Waals surface area contributed by atoms with E-state index in [9.17, 15) is 0 Å².